The fourth-order valence-corrected chi connectivity index (χ4v) is 3.30. The summed E-state index contributed by atoms with van der Waals surface area (Å²) in [4.78, 5) is 0. The number of aliphatic hydroxyl groups is 1. The molecule has 2 saturated carbocycles. The van der Waals surface area contributed by atoms with E-state index in [1.165, 1.54) is 19.3 Å². The second-order valence-electron chi connectivity index (χ2n) is 5.82. The van der Waals surface area contributed by atoms with Crippen molar-refractivity contribution in [2.75, 3.05) is 13.2 Å². The zero-order valence-electron chi connectivity index (χ0n) is 11.2. The Morgan fingerprint density at radius 2 is 1.88 bits per heavy atom. The van der Waals surface area contributed by atoms with Crippen molar-refractivity contribution >= 4 is 0 Å². The highest BCUT2D eigenvalue weighted by Crippen LogP contribution is 2.53. The molecular formula is C14H26O3. The summed E-state index contributed by atoms with van der Waals surface area (Å²) in [5.41, 5.74) is 0.0933. The molecule has 100 valence electrons. The largest absolute Gasteiger partial charge is 0.392 e. The summed E-state index contributed by atoms with van der Waals surface area (Å²) in [5, 5.41) is 10.0. The number of aliphatic hydroxyl groups excluding tert-OH is 1. The van der Waals surface area contributed by atoms with Crippen molar-refractivity contribution in [1.82, 2.24) is 0 Å². The topological polar surface area (TPSA) is 38.7 Å². The Hall–Kier alpha value is -0.120. The van der Waals surface area contributed by atoms with E-state index in [1.54, 1.807) is 0 Å². The van der Waals surface area contributed by atoms with Crippen LogP contribution < -0.4 is 0 Å². The minimum Gasteiger partial charge on any atom is -0.392 e. The van der Waals surface area contributed by atoms with E-state index in [0.717, 1.165) is 19.3 Å². The summed E-state index contributed by atoms with van der Waals surface area (Å²) < 4.78 is 11.4. The summed E-state index contributed by atoms with van der Waals surface area (Å²) in [6, 6.07) is 0. The monoisotopic (exact) mass is 242 g/mol. The molecule has 0 heterocycles. The zero-order chi connectivity index (χ0) is 12.3. The van der Waals surface area contributed by atoms with Crippen molar-refractivity contribution in [3.8, 4) is 0 Å². The van der Waals surface area contributed by atoms with Gasteiger partial charge in [-0.1, -0.05) is 19.3 Å². The number of hydrogen-bond acceptors (Lipinski definition) is 3. The molecule has 0 aromatic carbocycles. The van der Waals surface area contributed by atoms with Gasteiger partial charge in [0.15, 0.2) is 0 Å². The SMILES string of the molecule is CC(C)OCCOC1CC(O)C12CCCCC2. The normalized spacial score (nSPS) is 31.8. The predicted molar refractivity (Wildman–Crippen MR) is 67.0 cm³/mol. The summed E-state index contributed by atoms with van der Waals surface area (Å²) in [6.07, 6.45) is 7.34. The smallest absolute Gasteiger partial charge is 0.0704 e. The van der Waals surface area contributed by atoms with Crippen LogP contribution in [-0.2, 0) is 9.47 Å². The first-order valence-corrected chi connectivity index (χ1v) is 7.06. The van der Waals surface area contributed by atoms with Gasteiger partial charge in [0.1, 0.15) is 0 Å². The van der Waals surface area contributed by atoms with Crippen LogP contribution in [0.15, 0.2) is 0 Å². The second kappa shape index (κ2) is 5.68. The number of ether oxygens (including phenoxy) is 2. The van der Waals surface area contributed by atoms with Gasteiger partial charge in [-0.15, -0.1) is 0 Å². The first-order chi connectivity index (χ1) is 8.15. The molecule has 2 aliphatic carbocycles. The second-order valence-corrected chi connectivity index (χ2v) is 5.82. The first kappa shape index (κ1) is 13.3. The van der Waals surface area contributed by atoms with Crippen LogP contribution in [0, 0.1) is 5.41 Å². The van der Waals surface area contributed by atoms with Gasteiger partial charge in [0.25, 0.3) is 0 Å². The lowest BCUT2D eigenvalue weighted by Crippen LogP contribution is -2.59. The van der Waals surface area contributed by atoms with Crippen LogP contribution in [0.5, 0.6) is 0 Å². The van der Waals surface area contributed by atoms with Crippen molar-refractivity contribution in [1.29, 1.82) is 0 Å². The van der Waals surface area contributed by atoms with Crippen molar-refractivity contribution < 1.29 is 14.6 Å². The van der Waals surface area contributed by atoms with Crippen LogP contribution >= 0.6 is 0 Å². The molecule has 0 bridgehead atoms. The van der Waals surface area contributed by atoms with E-state index >= 15 is 0 Å². The Labute approximate surface area is 104 Å². The van der Waals surface area contributed by atoms with Crippen molar-refractivity contribution in [2.24, 2.45) is 5.41 Å². The predicted octanol–water partition coefficient (Wildman–Crippen LogP) is 2.51. The minimum absolute atomic E-state index is 0.0933. The number of hydrogen-bond donors (Lipinski definition) is 1. The molecule has 2 atom stereocenters. The maximum atomic E-state index is 10.0. The third-order valence-electron chi connectivity index (χ3n) is 4.38. The molecule has 2 unspecified atom stereocenters. The van der Waals surface area contributed by atoms with E-state index in [9.17, 15) is 5.11 Å². The molecule has 0 aromatic rings. The van der Waals surface area contributed by atoms with Gasteiger partial charge in [0, 0.05) is 11.8 Å². The Morgan fingerprint density at radius 1 is 1.18 bits per heavy atom. The van der Waals surface area contributed by atoms with E-state index in [0.29, 0.717) is 13.2 Å². The molecule has 2 aliphatic rings. The fourth-order valence-electron chi connectivity index (χ4n) is 3.30. The zero-order valence-corrected chi connectivity index (χ0v) is 11.2. The van der Waals surface area contributed by atoms with Gasteiger partial charge < -0.3 is 14.6 Å². The van der Waals surface area contributed by atoms with Crippen LogP contribution in [0.4, 0.5) is 0 Å². The molecule has 17 heavy (non-hydrogen) atoms. The molecule has 0 aromatic heterocycles. The molecule has 2 fully saturated rings. The van der Waals surface area contributed by atoms with Crippen LogP contribution in [0.1, 0.15) is 52.4 Å². The van der Waals surface area contributed by atoms with E-state index in [-0.39, 0.29) is 23.7 Å². The van der Waals surface area contributed by atoms with E-state index < -0.39 is 0 Å². The standard InChI is InChI=1S/C14H26O3/c1-11(2)16-8-9-17-13-10-12(15)14(13)6-4-3-5-7-14/h11-13,15H,3-10H2,1-2H3. The molecule has 0 radical (unpaired) electrons. The maximum absolute atomic E-state index is 10.0. The molecule has 0 aliphatic heterocycles. The van der Waals surface area contributed by atoms with Gasteiger partial charge >= 0.3 is 0 Å². The summed E-state index contributed by atoms with van der Waals surface area (Å²) in [6.45, 7) is 5.41. The van der Waals surface area contributed by atoms with Gasteiger partial charge in [-0.25, -0.2) is 0 Å². The molecule has 0 amide bonds. The first-order valence-electron chi connectivity index (χ1n) is 7.06. The average Bonchev–Trinajstić information content (AvgIpc) is 2.34. The fraction of sp³-hybridized carbons (Fsp3) is 1.00. The molecule has 2 rings (SSSR count). The van der Waals surface area contributed by atoms with E-state index in [4.69, 9.17) is 9.47 Å². The molecule has 3 nitrogen and oxygen atoms in total. The van der Waals surface area contributed by atoms with Crippen LogP contribution in [-0.4, -0.2) is 36.6 Å². The highest BCUT2D eigenvalue weighted by Gasteiger charge is 2.55. The highest BCUT2D eigenvalue weighted by molar-refractivity contribution is 5.05. The van der Waals surface area contributed by atoms with Crippen molar-refractivity contribution in [3.05, 3.63) is 0 Å². The lowest BCUT2D eigenvalue weighted by atomic mass is 9.56. The van der Waals surface area contributed by atoms with E-state index in [1.807, 2.05) is 13.8 Å². The Bertz CT molecular complexity index is 234. The van der Waals surface area contributed by atoms with Crippen LogP contribution in [0.3, 0.4) is 0 Å². The van der Waals surface area contributed by atoms with Gasteiger partial charge in [-0.05, 0) is 26.7 Å². The van der Waals surface area contributed by atoms with Gasteiger partial charge in [-0.2, -0.15) is 0 Å². The third-order valence-corrected chi connectivity index (χ3v) is 4.38. The van der Waals surface area contributed by atoms with Gasteiger partial charge in [0.05, 0.1) is 31.5 Å². The Balaban J connectivity index is 1.73. The Morgan fingerprint density at radius 3 is 2.47 bits per heavy atom. The minimum atomic E-state index is -0.126. The molecule has 1 N–H and O–H groups in total. The van der Waals surface area contributed by atoms with Crippen molar-refractivity contribution in [3.63, 3.8) is 0 Å². The Kier molecular flexibility index (Phi) is 4.45. The van der Waals surface area contributed by atoms with Crippen LogP contribution in [0.25, 0.3) is 0 Å². The summed E-state index contributed by atoms with van der Waals surface area (Å²) >= 11 is 0. The lowest BCUT2D eigenvalue weighted by Gasteiger charge is -2.55. The van der Waals surface area contributed by atoms with Crippen molar-refractivity contribution in [2.45, 2.75) is 70.7 Å². The van der Waals surface area contributed by atoms with Gasteiger partial charge in [0.2, 0.25) is 0 Å². The molecule has 3 heteroatoms. The lowest BCUT2D eigenvalue weighted by molar-refractivity contribution is -0.210. The quantitative estimate of drug-likeness (QED) is 0.753. The summed E-state index contributed by atoms with van der Waals surface area (Å²) in [5.74, 6) is 0. The van der Waals surface area contributed by atoms with Gasteiger partial charge in [-0.3, -0.25) is 0 Å². The molecule has 0 saturated heterocycles. The molecule has 1 spiro atoms. The van der Waals surface area contributed by atoms with Crippen LogP contribution in [0.2, 0.25) is 0 Å². The maximum Gasteiger partial charge on any atom is 0.0704 e. The highest BCUT2D eigenvalue weighted by atomic mass is 16.5. The third kappa shape index (κ3) is 2.83. The molecular weight excluding hydrogens is 216 g/mol. The average molecular weight is 242 g/mol. The van der Waals surface area contributed by atoms with E-state index in [2.05, 4.69) is 0 Å². The number of rotatable bonds is 5. The summed E-state index contributed by atoms with van der Waals surface area (Å²) in [7, 11) is 0.